The molecule has 0 aliphatic heterocycles. The Bertz CT molecular complexity index is 1000. The highest BCUT2D eigenvalue weighted by molar-refractivity contribution is 6.36. The molecule has 0 saturated heterocycles. The van der Waals surface area contributed by atoms with Gasteiger partial charge in [0, 0.05) is 36.7 Å². The number of nitrogens with one attached hydrogen (secondary N) is 1. The van der Waals surface area contributed by atoms with Gasteiger partial charge < -0.3 is 14.6 Å². The number of rotatable bonds is 6. The van der Waals surface area contributed by atoms with Gasteiger partial charge in [0.05, 0.1) is 36.0 Å². The molecule has 2 aromatic heterocycles. The van der Waals surface area contributed by atoms with Gasteiger partial charge in [-0.1, -0.05) is 17.7 Å². The molecule has 0 atom stereocenters. The van der Waals surface area contributed by atoms with Crippen LogP contribution in [0.3, 0.4) is 0 Å². The summed E-state index contributed by atoms with van der Waals surface area (Å²) in [5.74, 6) is 1.17. The Hall–Kier alpha value is -2.32. The van der Waals surface area contributed by atoms with Crippen LogP contribution >= 0.6 is 11.6 Å². The first kappa shape index (κ1) is 20.4. The zero-order valence-corrected chi connectivity index (χ0v) is 16.4. The van der Waals surface area contributed by atoms with Crippen molar-refractivity contribution in [3.8, 4) is 17.1 Å². The average Bonchev–Trinajstić information content (AvgIpc) is 2.98. The van der Waals surface area contributed by atoms with E-state index in [1.165, 1.54) is 7.11 Å². The van der Waals surface area contributed by atoms with Gasteiger partial charge in [-0.25, -0.2) is 9.97 Å². The molecule has 0 aliphatic rings. The quantitative estimate of drug-likeness (QED) is 0.599. The molecule has 1 aromatic carbocycles. The van der Waals surface area contributed by atoms with E-state index in [1.54, 1.807) is 6.20 Å². The van der Waals surface area contributed by atoms with E-state index < -0.39 is 12.6 Å². The standard InChI is InChI=1S/C19H20ClF3N4O/c1-11-25-10-16(27(11)2)12-4-5-15-13(8-12)17(20)14(18(26-15)28-3)9-24-7-6-19(21,22)23/h4-5,8,10,24H,6-7,9H2,1-3H3. The van der Waals surface area contributed by atoms with Crippen molar-refractivity contribution in [2.75, 3.05) is 13.7 Å². The van der Waals surface area contributed by atoms with Crippen molar-refractivity contribution in [3.63, 3.8) is 0 Å². The van der Waals surface area contributed by atoms with Crippen LogP contribution in [0.15, 0.2) is 24.4 Å². The van der Waals surface area contributed by atoms with Crippen LogP contribution in [-0.2, 0) is 13.6 Å². The van der Waals surface area contributed by atoms with Crippen LogP contribution in [0.2, 0.25) is 5.02 Å². The van der Waals surface area contributed by atoms with Crippen molar-refractivity contribution in [1.29, 1.82) is 0 Å². The third-order valence-electron chi connectivity index (χ3n) is 4.57. The molecule has 0 unspecified atom stereocenters. The lowest BCUT2D eigenvalue weighted by atomic mass is 10.1. The van der Waals surface area contributed by atoms with Crippen molar-refractivity contribution in [3.05, 3.63) is 40.8 Å². The highest BCUT2D eigenvalue weighted by Gasteiger charge is 2.26. The van der Waals surface area contributed by atoms with Gasteiger partial charge in [-0.05, 0) is 19.1 Å². The fraction of sp³-hybridized carbons (Fsp3) is 0.368. The number of alkyl halides is 3. The second kappa shape index (κ2) is 7.97. The molecule has 0 amide bonds. The topological polar surface area (TPSA) is 52.0 Å². The third kappa shape index (κ3) is 4.23. The Morgan fingerprint density at radius 1 is 1.29 bits per heavy atom. The number of benzene rings is 1. The van der Waals surface area contributed by atoms with Crippen LogP contribution in [0.1, 0.15) is 17.8 Å². The van der Waals surface area contributed by atoms with E-state index in [1.807, 2.05) is 36.7 Å². The number of aryl methyl sites for hydroxylation is 1. The van der Waals surface area contributed by atoms with E-state index in [2.05, 4.69) is 15.3 Å². The number of ether oxygens (including phenoxy) is 1. The van der Waals surface area contributed by atoms with Crippen molar-refractivity contribution in [1.82, 2.24) is 19.9 Å². The summed E-state index contributed by atoms with van der Waals surface area (Å²) in [4.78, 5) is 8.76. The Balaban J connectivity index is 1.96. The van der Waals surface area contributed by atoms with Crippen molar-refractivity contribution < 1.29 is 17.9 Å². The summed E-state index contributed by atoms with van der Waals surface area (Å²) in [6, 6.07) is 5.66. The maximum atomic E-state index is 12.3. The first-order valence-corrected chi connectivity index (χ1v) is 9.01. The summed E-state index contributed by atoms with van der Waals surface area (Å²) in [5, 5.41) is 3.86. The molecule has 5 nitrogen and oxygen atoms in total. The number of nitrogens with zero attached hydrogens (tertiary/aromatic N) is 3. The Morgan fingerprint density at radius 3 is 2.64 bits per heavy atom. The maximum Gasteiger partial charge on any atom is 0.390 e. The minimum atomic E-state index is -4.21. The lowest BCUT2D eigenvalue weighted by Crippen LogP contribution is -2.22. The summed E-state index contributed by atoms with van der Waals surface area (Å²) < 4.78 is 44.3. The van der Waals surface area contributed by atoms with Crippen molar-refractivity contribution >= 4 is 22.5 Å². The molecule has 150 valence electrons. The molecule has 1 N–H and O–H groups in total. The van der Waals surface area contributed by atoms with Gasteiger partial charge >= 0.3 is 6.18 Å². The molecule has 9 heteroatoms. The first-order chi connectivity index (χ1) is 13.2. The normalized spacial score (nSPS) is 12.0. The summed E-state index contributed by atoms with van der Waals surface area (Å²) in [7, 11) is 3.38. The highest BCUT2D eigenvalue weighted by Crippen LogP contribution is 2.34. The van der Waals surface area contributed by atoms with E-state index in [0.717, 1.165) is 17.1 Å². The SMILES string of the molecule is COc1nc2ccc(-c3cnc(C)n3C)cc2c(Cl)c1CNCCC(F)(F)F. The molecular weight excluding hydrogens is 393 g/mol. The van der Waals surface area contributed by atoms with Gasteiger partial charge in [0.2, 0.25) is 5.88 Å². The molecule has 0 radical (unpaired) electrons. The average molecular weight is 413 g/mol. The number of pyridine rings is 1. The number of hydrogen-bond donors (Lipinski definition) is 1. The number of aromatic nitrogens is 3. The molecule has 0 fully saturated rings. The van der Waals surface area contributed by atoms with Crippen LogP contribution in [-0.4, -0.2) is 34.4 Å². The zero-order chi connectivity index (χ0) is 20.5. The number of imidazole rings is 1. The Kier molecular flexibility index (Phi) is 5.81. The van der Waals surface area contributed by atoms with Gasteiger partial charge in [-0.15, -0.1) is 0 Å². The zero-order valence-electron chi connectivity index (χ0n) is 15.7. The second-order valence-electron chi connectivity index (χ2n) is 6.44. The summed E-state index contributed by atoms with van der Waals surface area (Å²) in [5.41, 5.74) is 3.01. The monoisotopic (exact) mass is 412 g/mol. The molecule has 0 bridgehead atoms. The fourth-order valence-corrected chi connectivity index (χ4v) is 3.24. The molecule has 3 aromatic rings. The molecule has 3 rings (SSSR count). The molecule has 0 spiro atoms. The van der Waals surface area contributed by atoms with Gasteiger partial charge in [0.15, 0.2) is 0 Å². The van der Waals surface area contributed by atoms with Crippen LogP contribution in [0, 0.1) is 6.92 Å². The predicted molar refractivity (Wildman–Crippen MR) is 103 cm³/mol. The lowest BCUT2D eigenvalue weighted by Gasteiger charge is -2.14. The Labute approximate surface area is 165 Å². The van der Waals surface area contributed by atoms with E-state index >= 15 is 0 Å². The first-order valence-electron chi connectivity index (χ1n) is 8.63. The minimum absolute atomic E-state index is 0.121. The number of methoxy groups -OCH3 is 1. The van der Waals surface area contributed by atoms with Crippen LogP contribution in [0.4, 0.5) is 13.2 Å². The molecule has 28 heavy (non-hydrogen) atoms. The predicted octanol–water partition coefficient (Wildman–Crippen LogP) is 4.65. The number of fused-ring (bicyclic) bond motifs is 1. The highest BCUT2D eigenvalue weighted by atomic mass is 35.5. The fourth-order valence-electron chi connectivity index (χ4n) is 2.94. The minimum Gasteiger partial charge on any atom is -0.481 e. The second-order valence-corrected chi connectivity index (χ2v) is 6.82. The van der Waals surface area contributed by atoms with Crippen molar-refractivity contribution in [2.24, 2.45) is 7.05 Å². The van der Waals surface area contributed by atoms with E-state index in [9.17, 15) is 13.2 Å². The largest absolute Gasteiger partial charge is 0.481 e. The molecule has 2 heterocycles. The Morgan fingerprint density at radius 2 is 2.04 bits per heavy atom. The smallest absolute Gasteiger partial charge is 0.390 e. The van der Waals surface area contributed by atoms with Crippen LogP contribution < -0.4 is 10.1 Å². The number of halogens is 4. The molecular formula is C19H20ClF3N4O. The van der Waals surface area contributed by atoms with E-state index in [-0.39, 0.29) is 13.1 Å². The van der Waals surface area contributed by atoms with E-state index in [4.69, 9.17) is 16.3 Å². The summed E-state index contributed by atoms with van der Waals surface area (Å²) >= 11 is 6.59. The van der Waals surface area contributed by atoms with Crippen LogP contribution in [0.5, 0.6) is 5.88 Å². The van der Waals surface area contributed by atoms with Gasteiger partial charge in [0.25, 0.3) is 0 Å². The van der Waals surface area contributed by atoms with Gasteiger partial charge in [0.1, 0.15) is 5.82 Å². The van der Waals surface area contributed by atoms with Crippen molar-refractivity contribution in [2.45, 2.75) is 26.1 Å². The molecule has 0 aliphatic carbocycles. The third-order valence-corrected chi connectivity index (χ3v) is 5.01. The maximum absolute atomic E-state index is 12.3. The van der Waals surface area contributed by atoms with Gasteiger partial charge in [-0.3, -0.25) is 0 Å². The lowest BCUT2D eigenvalue weighted by molar-refractivity contribution is -0.133. The summed E-state index contributed by atoms with van der Waals surface area (Å²) in [6.45, 7) is 1.82. The van der Waals surface area contributed by atoms with Gasteiger partial charge in [-0.2, -0.15) is 13.2 Å². The summed E-state index contributed by atoms with van der Waals surface area (Å²) in [6.07, 6.45) is -3.35. The number of hydrogen-bond acceptors (Lipinski definition) is 4. The van der Waals surface area contributed by atoms with E-state index in [0.29, 0.717) is 27.4 Å². The molecule has 0 saturated carbocycles. The van der Waals surface area contributed by atoms with Crippen LogP contribution in [0.25, 0.3) is 22.2 Å².